The van der Waals surface area contributed by atoms with Gasteiger partial charge in [0.25, 0.3) is 0 Å². The first kappa shape index (κ1) is 22.3. The predicted molar refractivity (Wildman–Crippen MR) is 140 cm³/mol. The molecule has 0 saturated carbocycles. The van der Waals surface area contributed by atoms with Crippen molar-refractivity contribution in [1.82, 2.24) is 30.0 Å². The molecule has 2 aliphatic heterocycles. The van der Waals surface area contributed by atoms with Gasteiger partial charge in [0.2, 0.25) is 5.91 Å². The van der Waals surface area contributed by atoms with Crippen molar-refractivity contribution in [1.29, 1.82) is 0 Å². The van der Waals surface area contributed by atoms with Crippen molar-refractivity contribution in [2.24, 2.45) is 0 Å². The van der Waals surface area contributed by atoms with E-state index < -0.39 is 0 Å². The standard InChI is InChI=1S/C26H29N9O/c1-13-17(10-30-24-14(2)26(3,4)33-23(13)24)19-7-15-8-20(29-11-18(15)25(27)31-19)32-21-9-16-5-6-28-22(36)12-35(16)34-21/h7-11,14,33H,5-6,12H2,1-4H3,(H2,27,31)(H,28,36)(H,29,32,34)/t14-/m0/s1. The van der Waals surface area contributed by atoms with Crippen molar-refractivity contribution < 1.29 is 4.79 Å². The Morgan fingerprint density at radius 2 is 2.00 bits per heavy atom. The Morgan fingerprint density at radius 3 is 2.83 bits per heavy atom. The molecule has 0 aliphatic carbocycles. The van der Waals surface area contributed by atoms with Crippen LogP contribution in [0.15, 0.2) is 30.6 Å². The van der Waals surface area contributed by atoms with Gasteiger partial charge in [-0.2, -0.15) is 5.10 Å². The third-order valence-corrected chi connectivity index (χ3v) is 7.44. The summed E-state index contributed by atoms with van der Waals surface area (Å²) >= 11 is 0. The quantitative estimate of drug-likeness (QED) is 0.348. The van der Waals surface area contributed by atoms with Crippen LogP contribution in [0.4, 0.5) is 23.1 Å². The van der Waals surface area contributed by atoms with E-state index in [1.54, 1.807) is 10.9 Å². The minimum atomic E-state index is -0.0595. The molecule has 0 aromatic carbocycles. The van der Waals surface area contributed by atoms with Crippen molar-refractivity contribution in [2.75, 3.05) is 22.9 Å². The Hall–Kier alpha value is -4.21. The molecule has 1 atom stereocenters. The van der Waals surface area contributed by atoms with Gasteiger partial charge in [-0.05, 0) is 43.9 Å². The summed E-state index contributed by atoms with van der Waals surface area (Å²) in [4.78, 5) is 25.8. The number of amides is 1. The summed E-state index contributed by atoms with van der Waals surface area (Å²) in [6.45, 7) is 9.51. The number of pyridine rings is 3. The van der Waals surface area contributed by atoms with E-state index in [1.165, 1.54) is 0 Å². The zero-order chi connectivity index (χ0) is 25.2. The smallest absolute Gasteiger partial charge is 0.241 e. The summed E-state index contributed by atoms with van der Waals surface area (Å²) in [6.07, 6.45) is 4.35. The van der Waals surface area contributed by atoms with Crippen molar-refractivity contribution >= 4 is 39.8 Å². The highest BCUT2D eigenvalue weighted by Gasteiger charge is 2.38. The number of nitrogens with zero attached hydrogens (tertiary/aromatic N) is 5. The highest BCUT2D eigenvalue weighted by molar-refractivity contribution is 5.95. The Morgan fingerprint density at radius 1 is 1.17 bits per heavy atom. The molecule has 0 spiro atoms. The third kappa shape index (κ3) is 3.60. The van der Waals surface area contributed by atoms with Crippen LogP contribution in [-0.2, 0) is 17.8 Å². The van der Waals surface area contributed by atoms with Gasteiger partial charge in [0.05, 0.1) is 17.1 Å². The molecule has 1 amide bonds. The maximum Gasteiger partial charge on any atom is 0.241 e. The van der Waals surface area contributed by atoms with E-state index in [4.69, 9.17) is 10.7 Å². The number of hydrogen-bond acceptors (Lipinski definition) is 8. The van der Waals surface area contributed by atoms with Gasteiger partial charge in [0, 0.05) is 59.5 Å². The Kier molecular flexibility index (Phi) is 4.89. The fourth-order valence-corrected chi connectivity index (χ4v) is 5.03. The van der Waals surface area contributed by atoms with Crippen molar-refractivity contribution in [3.05, 3.63) is 47.5 Å². The van der Waals surface area contributed by atoms with E-state index in [1.807, 2.05) is 24.4 Å². The number of nitrogens with one attached hydrogen (secondary N) is 3. The molecule has 2 aliphatic rings. The molecule has 36 heavy (non-hydrogen) atoms. The maximum absolute atomic E-state index is 11.8. The monoisotopic (exact) mass is 483 g/mol. The van der Waals surface area contributed by atoms with Crippen LogP contribution in [0.5, 0.6) is 0 Å². The lowest BCUT2D eigenvalue weighted by atomic mass is 9.90. The van der Waals surface area contributed by atoms with Crippen LogP contribution < -0.4 is 21.7 Å². The van der Waals surface area contributed by atoms with E-state index in [0.717, 1.165) is 51.1 Å². The molecule has 10 nitrogen and oxygen atoms in total. The van der Waals surface area contributed by atoms with Gasteiger partial charge in [-0.25, -0.2) is 9.97 Å². The minimum absolute atomic E-state index is 0.0349. The van der Waals surface area contributed by atoms with Crippen molar-refractivity contribution in [3.63, 3.8) is 0 Å². The number of nitrogen functional groups attached to an aromatic ring is 1. The molecule has 0 bridgehead atoms. The van der Waals surface area contributed by atoms with E-state index >= 15 is 0 Å². The highest BCUT2D eigenvalue weighted by atomic mass is 16.2. The summed E-state index contributed by atoms with van der Waals surface area (Å²) < 4.78 is 1.73. The molecule has 6 rings (SSSR count). The molecular weight excluding hydrogens is 454 g/mol. The number of fused-ring (bicyclic) bond motifs is 3. The van der Waals surface area contributed by atoms with Crippen LogP contribution in [0.3, 0.4) is 0 Å². The molecule has 4 aromatic rings. The molecule has 5 N–H and O–H groups in total. The number of rotatable bonds is 3. The highest BCUT2D eigenvalue weighted by Crippen LogP contribution is 2.44. The second-order valence-corrected chi connectivity index (χ2v) is 10.2. The van der Waals surface area contributed by atoms with Gasteiger partial charge in [0.1, 0.15) is 18.2 Å². The van der Waals surface area contributed by atoms with Gasteiger partial charge < -0.3 is 21.7 Å². The fraction of sp³-hybridized carbons (Fsp3) is 0.346. The summed E-state index contributed by atoms with van der Waals surface area (Å²) in [7, 11) is 0. The zero-order valence-electron chi connectivity index (χ0n) is 20.8. The molecular formula is C26H29N9O. The largest absolute Gasteiger partial charge is 0.383 e. The molecule has 10 heteroatoms. The van der Waals surface area contributed by atoms with Gasteiger partial charge >= 0.3 is 0 Å². The maximum atomic E-state index is 11.8. The number of nitrogens with two attached hydrogens (primary N) is 1. The van der Waals surface area contributed by atoms with Crippen LogP contribution in [0.25, 0.3) is 22.0 Å². The van der Waals surface area contributed by atoms with E-state index in [2.05, 4.69) is 58.7 Å². The van der Waals surface area contributed by atoms with Crippen LogP contribution >= 0.6 is 0 Å². The molecule has 4 aromatic heterocycles. The number of carbonyl (C=O) groups excluding carboxylic acids is 1. The van der Waals surface area contributed by atoms with Gasteiger partial charge in [0.15, 0.2) is 5.82 Å². The van der Waals surface area contributed by atoms with Crippen LogP contribution in [0.2, 0.25) is 0 Å². The molecule has 6 heterocycles. The van der Waals surface area contributed by atoms with Crippen LogP contribution in [-0.4, -0.2) is 42.7 Å². The lowest BCUT2D eigenvalue weighted by Crippen LogP contribution is -2.30. The van der Waals surface area contributed by atoms with Gasteiger partial charge in [-0.1, -0.05) is 6.92 Å². The van der Waals surface area contributed by atoms with E-state index in [0.29, 0.717) is 29.9 Å². The Balaban J connectivity index is 1.35. The molecule has 184 valence electrons. The van der Waals surface area contributed by atoms with Crippen molar-refractivity contribution in [3.8, 4) is 11.3 Å². The topological polar surface area (TPSA) is 136 Å². The average Bonchev–Trinajstić information content (AvgIpc) is 3.24. The van der Waals surface area contributed by atoms with Crippen LogP contribution in [0, 0.1) is 6.92 Å². The third-order valence-electron chi connectivity index (χ3n) is 7.44. The first-order valence-corrected chi connectivity index (χ1v) is 12.1. The second kappa shape index (κ2) is 7.91. The minimum Gasteiger partial charge on any atom is -0.383 e. The van der Waals surface area contributed by atoms with Crippen LogP contribution in [0.1, 0.15) is 43.6 Å². The van der Waals surface area contributed by atoms with Gasteiger partial charge in [-0.15, -0.1) is 0 Å². The number of hydrogen-bond donors (Lipinski definition) is 4. The first-order valence-electron chi connectivity index (χ1n) is 12.1. The molecule has 0 saturated heterocycles. The first-order chi connectivity index (χ1) is 17.2. The number of aromatic nitrogens is 5. The zero-order valence-corrected chi connectivity index (χ0v) is 20.8. The summed E-state index contributed by atoms with van der Waals surface area (Å²) in [5.41, 5.74) is 12.3. The average molecular weight is 484 g/mol. The molecule has 0 fully saturated rings. The normalized spacial score (nSPS) is 18.2. The number of anilines is 4. The van der Waals surface area contributed by atoms with E-state index in [9.17, 15) is 4.79 Å². The predicted octanol–water partition coefficient (Wildman–Crippen LogP) is 3.50. The fourth-order valence-electron chi connectivity index (χ4n) is 5.03. The second-order valence-electron chi connectivity index (χ2n) is 10.2. The summed E-state index contributed by atoms with van der Waals surface area (Å²) in [5.74, 6) is 1.98. The van der Waals surface area contributed by atoms with Gasteiger partial charge in [-0.3, -0.25) is 14.5 Å². The van der Waals surface area contributed by atoms with Crippen molar-refractivity contribution in [2.45, 2.75) is 52.1 Å². The summed E-state index contributed by atoms with van der Waals surface area (Å²) in [6, 6.07) is 5.91. The number of carbonyl (C=O) groups is 1. The Bertz CT molecular complexity index is 1540. The molecule has 0 radical (unpaired) electrons. The van der Waals surface area contributed by atoms with E-state index in [-0.39, 0.29) is 18.0 Å². The SMILES string of the molecule is Cc1c(-c2cc3cc(Nc4cc5n(n4)CC(=O)NCC5)ncc3c(N)n2)cnc2c1NC(C)(C)[C@H]2C. The Labute approximate surface area is 208 Å². The summed E-state index contributed by atoms with van der Waals surface area (Å²) in [5, 5.41) is 16.0. The lowest BCUT2D eigenvalue weighted by Gasteiger charge is -2.24. The molecule has 0 unspecified atom stereocenters. The lowest BCUT2D eigenvalue weighted by molar-refractivity contribution is -0.121.